The lowest BCUT2D eigenvalue weighted by Crippen LogP contribution is -2.38. The van der Waals surface area contributed by atoms with E-state index in [0.29, 0.717) is 29.6 Å². The highest BCUT2D eigenvalue weighted by Crippen LogP contribution is 2.42. The van der Waals surface area contributed by atoms with E-state index in [1.807, 2.05) is 0 Å². The zero-order chi connectivity index (χ0) is 22.7. The molecule has 9 heteroatoms. The Morgan fingerprint density at radius 2 is 1.84 bits per heavy atom. The number of aryl methyl sites for hydroxylation is 2. The second-order valence-corrected chi connectivity index (χ2v) is 8.29. The van der Waals surface area contributed by atoms with Crippen LogP contribution in [0.5, 0.6) is 0 Å². The Hall–Kier alpha value is -3.13. The SMILES string of the molecule is Cc1ccc(C2c3[nH]c4cc(F)c(Cl)cc4c3CCN2c2ncc(F)c(C)n2)c(F)c1F. The summed E-state index contributed by atoms with van der Waals surface area (Å²) in [6.45, 7) is 3.33. The van der Waals surface area contributed by atoms with E-state index >= 15 is 4.39 Å². The molecule has 1 N–H and O–H groups in total. The summed E-state index contributed by atoms with van der Waals surface area (Å²) in [5, 5.41) is 0.684. The van der Waals surface area contributed by atoms with Crippen LogP contribution in [0.2, 0.25) is 5.02 Å². The Labute approximate surface area is 185 Å². The van der Waals surface area contributed by atoms with Gasteiger partial charge in [0.2, 0.25) is 5.95 Å². The zero-order valence-electron chi connectivity index (χ0n) is 17.1. The molecule has 4 nitrogen and oxygen atoms in total. The van der Waals surface area contributed by atoms with E-state index in [4.69, 9.17) is 11.6 Å². The molecule has 0 radical (unpaired) electrons. The summed E-state index contributed by atoms with van der Waals surface area (Å²) >= 11 is 6.00. The summed E-state index contributed by atoms with van der Waals surface area (Å²) < 4.78 is 57.6. The maximum Gasteiger partial charge on any atom is 0.226 e. The fourth-order valence-electron chi connectivity index (χ4n) is 4.27. The minimum Gasteiger partial charge on any atom is -0.356 e. The number of anilines is 1. The molecular weight excluding hydrogens is 444 g/mol. The summed E-state index contributed by atoms with van der Waals surface area (Å²) in [5.74, 6) is -2.91. The molecule has 32 heavy (non-hydrogen) atoms. The van der Waals surface area contributed by atoms with Gasteiger partial charge in [-0.25, -0.2) is 27.5 Å². The van der Waals surface area contributed by atoms with Gasteiger partial charge in [0.15, 0.2) is 17.5 Å². The van der Waals surface area contributed by atoms with Crippen molar-refractivity contribution in [2.75, 3.05) is 11.4 Å². The lowest BCUT2D eigenvalue weighted by atomic mass is 9.91. The van der Waals surface area contributed by atoms with Crippen LogP contribution >= 0.6 is 11.6 Å². The molecule has 2 aromatic carbocycles. The summed E-state index contributed by atoms with van der Waals surface area (Å²) in [7, 11) is 0. The summed E-state index contributed by atoms with van der Waals surface area (Å²) in [6.07, 6.45) is 1.54. The molecule has 0 amide bonds. The second-order valence-electron chi connectivity index (χ2n) is 7.88. The third-order valence-corrected chi connectivity index (χ3v) is 6.22. The number of aromatic nitrogens is 3. The Balaban J connectivity index is 1.77. The van der Waals surface area contributed by atoms with E-state index in [-0.39, 0.29) is 27.8 Å². The lowest BCUT2D eigenvalue weighted by Gasteiger charge is -2.36. The molecule has 3 heterocycles. The van der Waals surface area contributed by atoms with E-state index in [1.54, 1.807) is 4.90 Å². The van der Waals surface area contributed by atoms with Crippen LogP contribution < -0.4 is 4.90 Å². The van der Waals surface area contributed by atoms with Crippen LogP contribution in [-0.2, 0) is 6.42 Å². The largest absolute Gasteiger partial charge is 0.356 e. The summed E-state index contributed by atoms with van der Waals surface area (Å²) in [5.41, 5.74) is 2.25. The number of benzene rings is 2. The van der Waals surface area contributed by atoms with Gasteiger partial charge in [0, 0.05) is 28.7 Å². The molecule has 164 valence electrons. The van der Waals surface area contributed by atoms with E-state index < -0.39 is 29.3 Å². The number of hydrogen-bond donors (Lipinski definition) is 1. The van der Waals surface area contributed by atoms with Gasteiger partial charge in [0.05, 0.1) is 16.9 Å². The Morgan fingerprint density at radius 3 is 2.59 bits per heavy atom. The van der Waals surface area contributed by atoms with Crippen molar-refractivity contribution in [2.24, 2.45) is 0 Å². The second kappa shape index (κ2) is 7.48. The van der Waals surface area contributed by atoms with Crippen LogP contribution in [0.4, 0.5) is 23.5 Å². The molecule has 4 aromatic rings. The molecule has 0 spiro atoms. The highest BCUT2D eigenvalue weighted by atomic mass is 35.5. The van der Waals surface area contributed by atoms with Gasteiger partial charge < -0.3 is 9.88 Å². The van der Waals surface area contributed by atoms with Gasteiger partial charge in [-0.3, -0.25) is 0 Å². The van der Waals surface area contributed by atoms with Crippen LogP contribution in [0.15, 0.2) is 30.5 Å². The number of fused-ring (bicyclic) bond motifs is 3. The maximum absolute atomic E-state index is 15.2. The molecule has 0 aliphatic carbocycles. The molecule has 0 bridgehead atoms. The fraction of sp³-hybridized carbons (Fsp3) is 0.217. The predicted molar refractivity (Wildman–Crippen MR) is 114 cm³/mol. The van der Waals surface area contributed by atoms with Crippen LogP contribution in [0.25, 0.3) is 10.9 Å². The quantitative estimate of drug-likeness (QED) is 0.377. The Morgan fingerprint density at radius 1 is 1.06 bits per heavy atom. The maximum atomic E-state index is 15.2. The molecule has 1 aliphatic rings. The summed E-state index contributed by atoms with van der Waals surface area (Å²) in [4.78, 5) is 13.2. The number of aromatic amines is 1. The predicted octanol–water partition coefficient (Wildman–Crippen LogP) is 5.94. The molecule has 2 aromatic heterocycles. The third kappa shape index (κ3) is 3.12. The first-order chi connectivity index (χ1) is 15.3. The first kappa shape index (κ1) is 20.8. The molecular formula is C23H17ClF4N4. The van der Waals surface area contributed by atoms with Crippen molar-refractivity contribution in [1.82, 2.24) is 15.0 Å². The average molecular weight is 461 g/mol. The first-order valence-corrected chi connectivity index (χ1v) is 10.3. The monoisotopic (exact) mass is 460 g/mol. The highest BCUT2D eigenvalue weighted by molar-refractivity contribution is 6.31. The van der Waals surface area contributed by atoms with Crippen molar-refractivity contribution in [3.8, 4) is 0 Å². The van der Waals surface area contributed by atoms with E-state index in [1.165, 1.54) is 38.1 Å². The fourth-order valence-corrected chi connectivity index (χ4v) is 4.44. The van der Waals surface area contributed by atoms with Gasteiger partial charge in [-0.2, -0.15) is 0 Å². The van der Waals surface area contributed by atoms with Gasteiger partial charge in [-0.05, 0) is 43.5 Å². The molecule has 0 saturated heterocycles. The number of H-pyrrole nitrogens is 1. The van der Waals surface area contributed by atoms with Crippen molar-refractivity contribution >= 4 is 28.5 Å². The van der Waals surface area contributed by atoms with Crippen LogP contribution in [0.3, 0.4) is 0 Å². The van der Waals surface area contributed by atoms with Gasteiger partial charge >= 0.3 is 0 Å². The standard InChI is InChI=1S/C23H17ClF4N4/c1-10-3-4-13(20(28)19(10)27)22-21-12(14-7-15(24)16(25)8-18(14)31-21)5-6-32(22)23-29-9-17(26)11(2)30-23/h3-4,7-9,22,31H,5-6H2,1-2H3. The average Bonchev–Trinajstić information content (AvgIpc) is 3.11. The van der Waals surface area contributed by atoms with E-state index in [0.717, 1.165) is 11.8 Å². The number of hydrogen-bond acceptors (Lipinski definition) is 3. The minimum absolute atomic E-state index is 0.0247. The van der Waals surface area contributed by atoms with Crippen molar-refractivity contribution < 1.29 is 17.6 Å². The molecule has 1 atom stereocenters. The van der Waals surface area contributed by atoms with Crippen LogP contribution in [0, 0.1) is 37.1 Å². The van der Waals surface area contributed by atoms with Crippen molar-refractivity contribution in [2.45, 2.75) is 26.3 Å². The van der Waals surface area contributed by atoms with E-state index in [2.05, 4.69) is 15.0 Å². The minimum atomic E-state index is -0.991. The van der Waals surface area contributed by atoms with Crippen molar-refractivity contribution in [3.05, 3.63) is 86.8 Å². The highest BCUT2D eigenvalue weighted by Gasteiger charge is 2.36. The normalized spacial score (nSPS) is 16.0. The third-order valence-electron chi connectivity index (χ3n) is 5.93. The number of nitrogens with one attached hydrogen (secondary N) is 1. The van der Waals surface area contributed by atoms with Gasteiger partial charge in [-0.15, -0.1) is 0 Å². The van der Waals surface area contributed by atoms with Gasteiger partial charge in [0.1, 0.15) is 11.9 Å². The van der Waals surface area contributed by atoms with Crippen molar-refractivity contribution in [1.29, 1.82) is 0 Å². The van der Waals surface area contributed by atoms with Gasteiger partial charge in [-0.1, -0.05) is 23.7 Å². The number of halogens is 5. The van der Waals surface area contributed by atoms with Gasteiger partial charge in [0.25, 0.3) is 0 Å². The first-order valence-electron chi connectivity index (χ1n) is 9.96. The number of nitrogens with zero attached hydrogens (tertiary/aromatic N) is 3. The zero-order valence-corrected chi connectivity index (χ0v) is 17.9. The Bertz CT molecular complexity index is 1380. The Kier molecular flexibility index (Phi) is 4.85. The lowest BCUT2D eigenvalue weighted by molar-refractivity contribution is 0.480. The van der Waals surface area contributed by atoms with Crippen LogP contribution in [-0.4, -0.2) is 21.5 Å². The summed E-state index contributed by atoms with van der Waals surface area (Å²) in [6, 6.07) is 4.97. The van der Waals surface area contributed by atoms with Crippen LogP contribution in [0.1, 0.15) is 34.1 Å². The number of rotatable bonds is 2. The molecule has 0 fully saturated rings. The molecule has 1 aliphatic heterocycles. The van der Waals surface area contributed by atoms with Crippen molar-refractivity contribution in [3.63, 3.8) is 0 Å². The topological polar surface area (TPSA) is 44.8 Å². The smallest absolute Gasteiger partial charge is 0.226 e. The molecule has 1 unspecified atom stereocenters. The molecule has 0 saturated carbocycles. The van der Waals surface area contributed by atoms with E-state index in [9.17, 15) is 13.2 Å². The molecule has 5 rings (SSSR count).